The first-order chi connectivity index (χ1) is 18.2. The van der Waals surface area contributed by atoms with Crippen LogP contribution in [0.1, 0.15) is 58.6 Å². The van der Waals surface area contributed by atoms with Crippen LogP contribution in [0.5, 0.6) is 0 Å². The molecule has 0 radical (unpaired) electrons. The highest BCUT2D eigenvalue weighted by Gasteiger charge is 2.34. The van der Waals surface area contributed by atoms with Crippen molar-refractivity contribution in [2.75, 3.05) is 25.4 Å². The van der Waals surface area contributed by atoms with E-state index in [0.717, 1.165) is 26.6 Å². The van der Waals surface area contributed by atoms with Gasteiger partial charge in [-0.1, -0.05) is 62.4 Å². The molecule has 1 aliphatic rings. The van der Waals surface area contributed by atoms with E-state index >= 15 is 0 Å². The number of sulfonamides is 1. The maximum absolute atomic E-state index is 13.1. The van der Waals surface area contributed by atoms with Crippen LogP contribution in [0.3, 0.4) is 0 Å². The molecule has 0 aromatic heterocycles. The third kappa shape index (κ3) is 8.27. The highest BCUT2D eigenvalue weighted by atomic mass is 32.2. The quantitative estimate of drug-likeness (QED) is 0.393. The Bertz CT molecular complexity index is 1220. The number of rotatable bonds is 12. The molecule has 214 valence electrons. The number of benzene rings is 2. The van der Waals surface area contributed by atoms with Crippen LogP contribution in [-0.4, -0.2) is 73.1 Å². The average Bonchev–Trinajstić information content (AvgIpc) is 3.13. The summed E-state index contributed by atoms with van der Waals surface area (Å²) >= 11 is 0. The summed E-state index contributed by atoms with van der Waals surface area (Å²) in [6.45, 7) is 9.83. The molecule has 2 atom stereocenters. The van der Waals surface area contributed by atoms with Crippen LogP contribution >= 0.6 is 0 Å². The Balaban J connectivity index is 1.79. The lowest BCUT2D eigenvalue weighted by Crippen LogP contribution is -2.54. The van der Waals surface area contributed by atoms with Gasteiger partial charge >= 0.3 is 12.1 Å². The van der Waals surface area contributed by atoms with Gasteiger partial charge in [0.1, 0.15) is 13.2 Å². The number of aliphatic carboxylic acids is 1. The Morgan fingerprint density at radius 3 is 2.03 bits per heavy atom. The number of hydrogen-bond acceptors (Lipinski definition) is 6. The molecule has 0 fully saturated rings. The van der Waals surface area contributed by atoms with Gasteiger partial charge in [-0.05, 0) is 55.9 Å². The topological polar surface area (TPSA) is 122 Å². The summed E-state index contributed by atoms with van der Waals surface area (Å²) in [5.74, 6) is -1.85. The molecule has 1 aliphatic carbocycles. The third-order valence-corrected chi connectivity index (χ3v) is 8.56. The number of nitrogens with zero attached hydrogens (tertiary/aromatic N) is 1. The highest BCUT2D eigenvalue weighted by molar-refractivity contribution is 7.89. The van der Waals surface area contributed by atoms with Crippen molar-refractivity contribution in [1.29, 1.82) is 0 Å². The van der Waals surface area contributed by atoms with Gasteiger partial charge in [0.05, 0.1) is 23.5 Å². The summed E-state index contributed by atoms with van der Waals surface area (Å²) in [5.41, 5.74) is 3.76. The van der Waals surface area contributed by atoms with Crippen molar-refractivity contribution in [2.45, 2.75) is 65.2 Å². The first-order valence-corrected chi connectivity index (χ1v) is 14.8. The Morgan fingerprint density at radius 1 is 1.00 bits per heavy atom. The van der Waals surface area contributed by atoms with Crippen molar-refractivity contribution in [3.63, 3.8) is 0 Å². The molecular weight excluding hydrogens is 520 g/mol. The van der Waals surface area contributed by atoms with E-state index in [1.807, 2.05) is 69.3 Å². The molecule has 9 nitrogen and oxygen atoms in total. The highest BCUT2D eigenvalue weighted by Crippen LogP contribution is 2.44. The van der Waals surface area contributed by atoms with Gasteiger partial charge in [0, 0.05) is 12.5 Å². The van der Waals surface area contributed by atoms with Gasteiger partial charge in [0.25, 0.3) is 0 Å². The Morgan fingerprint density at radius 2 is 1.54 bits per heavy atom. The van der Waals surface area contributed by atoms with Crippen LogP contribution in [0.15, 0.2) is 48.5 Å². The van der Waals surface area contributed by atoms with Crippen molar-refractivity contribution in [3.8, 4) is 11.1 Å². The van der Waals surface area contributed by atoms with E-state index < -0.39 is 46.4 Å². The lowest BCUT2D eigenvalue weighted by molar-refractivity contribution is -0.137. The molecule has 2 aromatic carbocycles. The van der Waals surface area contributed by atoms with Gasteiger partial charge in [-0.15, -0.1) is 0 Å². The minimum atomic E-state index is -3.91. The number of nitrogens with one attached hydrogen (secondary N) is 1. The molecule has 2 aromatic rings. The van der Waals surface area contributed by atoms with E-state index in [9.17, 15) is 23.1 Å². The van der Waals surface area contributed by atoms with E-state index in [0.29, 0.717) is 0 Å². The summed E-state index contributed by atoms with van der Waals surface area (Å²) in [7, 11) is -3.91. The third-order valence-electron chi connectivity index (χ3n) is 6.40. The molecule has 0 saturated heterocycles. The number of hydrogen-bond donors (Lipinski definition) is 2. The van der Waals surface area contributed by atoms with Gasteiger partial charge in [0.2, 0.25) is 10.0 Å². The summed E-state index contributed by atoms with van der Waals surface area (Å²) in [5, 5.41) is 12.2. The Kier molecular flexibility index (Phi) is 9.79. The van der Waals surface area contributed by atoms with Crippen LogP contribution in [-0.2, 0) is 24.3 Å². The lowest BCUT2D eigenvalue weighted by atomic mass is 9.98. The smallest absolute Gasteiger partial charge is 0.407 e. The summed E-state index contributed by atoms with van der Waals surface area (Å²) in [6, 6.07) is 15.1. The maximum Gasteiger partial charge on any atom is 0.407 e. The molecule has 10 heteroatoms. The molecule has 2 N–H and O–H groups in total. The second-order valence-corrected chi connectivity index (χ2v) is 13.4. The fourth-order valence-corrected chi connectivity index (χ4v) is 6.66. The predicted octanol–water partition coefficient (Wildman–Crippen LogP) is 4.47. The standard InChI is InChI=1S/C29H40N2O7S/c1-19(2)18-39(35,36)31(16-27(32)33)15-26(20(3)38-29(4,5)6)30-28(34)37-17-25-23-13-9-7-11-21(23)22-12-8-10-14-24(22)25/h7-14,19-20,25-26H,15-18H2,1-6H3,(H,30,34)(H,32,33)/t20-,26+/m0/s1. The van der Waals surface area contributed by atoms with Crippen molar-refractivity contribution in [1.82, 2.24) is 9.62 Å². The SMILES string of the molecule is CC(C)CS(=O)(=O)N(CC(=O)O)C[C@@H](NC(=O)OCC1c2ccccc2-c2ccccc21)[C@H](C)OC(C)(C)C. The lowest BCUT2D eigenvalue weighted by Gasteiger charge is -2.34. The molecule has 0 bridgehead atoms. The molecule has 39 heavy (non-hydrogen) atoms. The van der Waals surface area contributed by atoms with Crippen LogP contribution in [0.4, 0.5) is 4.79 Å². The Hall–Kier alpha value is -2.95. The fourth-order valence-electron chi connectivity index (χ4n) is 4.92. The van der Waals surface area contributed by atoms with Crippen molar-refractivity contribution >= 4 is 22.1 Å². The zero-order valence-electron chi connectivity index (χ0n) is 23.5. The summed E-state index contributed by atoms with van der Waals surface area (Å²) in [4.78, 5) is 24.6. The van der Waals surface area contributed by atoms with E-state index in [1.165, 1.54) is 0 Å². The zero-order valence-corrected chi connectivity index (χ0v) is 24.3. The minimum Gasteiger partial charge on any atom is -0.480 e. The number of carbonyl (C=O) groups is 2. The number of carbonyl (C=O) groups excluding carboxylic acids is 1. The van der Waals surface area contributed by atoms with Gasteiger partial charge in [-0.25, -0.2) is 13.2 Å². The van der Waals surface area contributed by atoms with E-state index in [-0.39, 0.29) is 30.7 Å². The number of fused-ring (bicyclic) bond motifs is 3. The minimum absolute atomic E-state index is 0.0889. The number of ether oxygens (including phenoxy) is 2. The van der Waals surface area contributed by atoms with Crippen molar-refractivity contribution < 1.29 is 32.6 Å². The molecule has 1 amide bonds. The number of amides is 1. The molecule has 0 unspecified atom stereocenters. The van der Waals surface area contributed by atoms with Gasteiger partial charge in [-0.3, -0.25) is 4.79 Å². The van der Waals surface area contributed by atoms with Gasteiger partial charge < -0.3 is 19.9 Å². The van der Waals surface area contributed by atoms with Crippen LogP contribution < -0.4 is 5.32 Å². The number of carboxylic acids is 1. The molecule has 0 spiro atoms. The summed E-state index contributed by atoms with van der Waals surface area (Å²) in [6.07, 6.45) is -1.38. The first-order valence-electron chi connectivity index (χ1n) is 13.2. The second kappa shape index (κ2) is 12.5. The van der Waals surface area contributed by atoms with Crippen molar-refractivity contribution in [2.24, 2.45) is 5.92 Å². The molecule has 0 saturated carbocycles. The van der Waals surface area contributed by atoms with Crippen LogP contribution in [0.25, 0.3) is 11.1 Å². The predicted molar refractivity (Wildman–Crippen MR) is 150 cm³/mol. The van der Waals surface area contributed by atoms with Crippen molar-refractivity contribution in [3.05, 3.63) is 59.7 Å². The van der Waals surface area contributed by atoms with Gasteiger partial charge in [0.15, 0.2) is 0 Å². The van der Waals surface area contributed by atoms with Gasteiger partial charge in [-0.2, -0.15) is 4.31 Å². The Labute approximate surface area is 231 Å². The second-order valence-electron chi connectivity index (χ2n) is 11.4. The molecule has 0 aliphatic heterocycles. The number of carboxylic acid groups (broad SMARTS) is 1. The monoisotopic (exact) mass is 560 g/mol. The number of alkyl carbamates (subject to hydrolysis) is 1. The molecule has 0 heterocycles. The van der Waals surface area contributed by atoms with E-state index in [2.05, 4.69) is 5.32 Å². The van der Waals surface area contributed by atoms with Crippen LogP contribution in [0, 0.1) is 5.92 Å². The first kappa shape index (κ1) is 30.6. The largest absolute Gasteiger partial charge is 0.480 e. The summed E-state index contributed by atoms with van der Waals surface area (Å²) < 4.78 is 38.6. The van der Waals surface area contributed by atoms with Crippen LogP contribution in [0.2, 0.25) is 0 Å². The fraction of sp³-hybridized carbons (Fsp3) is 0.517. The zero-order chi connectivity index (χ0) is 29.0. The van der Waals surface area contributed by atoms with E-state index in [4.69, 9.17) is 9.47 Å². The maximum atomic E-state index is 13.1. The van der Waals surface area contributed by atoms with E-state index in [1.54, 1.807) is 20.8 Å². The normalized spacial score (nSPS) is 15.1. The molecule has 3 rings (SSSR count). The molecular formula is C29H40N2O7S. The average molecular weight is 561 g/mol.